The topological polar surface area (TPSA) is 26.0 Å². The van der Waals surface area contributed by atoms with Crippen LogP contribution in [0.3, 0.4) is 0 Å². The Balaban J connectivity index is 0.00000176. The number of alkyl halides is 3. The first kappa shape index (κ1) is 16.8. The molecule has 5 heteroatoms. The van der Waals surface area contributed by atoms with Crippen LogP contribution in [0.15, 0.2) is 48.5 Å². The number of halogens is 4. The quantitative estimate of drug-likeness (QED) is 0.856. The minimum Gasteiger partial charge on any atom is -0.330 e. The number of hydrogen-bond acceptors (Lipinski definition) is 1. The van der Waals surface area contributed by atoms with Crippen molar-refractivity contribution in [1.29, 1.82) is 0 Å². The first-order chi connectivity index (χ1) is 9.99. The zero-order valence-corrected chi connectivity index (χ0v) is 12.6. The summed E-state index contributed by atoms with van der Waals surface area (Å²) in [4.78, 5) is 0. The minimum atomic E-state index is -4.29. The standard InChI is InChI=1S/C17H16F3N.ClH/c18-17(19,20)15-6-4-11(5-7-15)12-2-1-3-13(8-12)16-9-14(16)10-21;/h1-8,14,16H,9-10,21H2;1H/t14-,16-;/m1./s1. The molecule has 118 valence electrons. The van der Waals surface area contributed by atoms with E-state index < -0.39 is 11.7 Å². The zero-order chi connectivity index (χ0) is 15.0. The lowest BCUT2D eigenvalue weighted by atomic mass is 9.99. The van der Waals surface area contributed by atoms with Gasteiger partial charge in [-0.3, -0.25) is 0 Å². The Hall–Kier alpha value is -1.52. The summed E-state index contributed by atoms with van der Waals surface area (Å²) in [5, 5.41) is 0. The number of rotatable bonds is 3. The van der Waals surface area contributed by atoms with Crippen molar-refractivity contribution in [1.82, 2.24) is 0 Å². The van der Waals surface area contributed by atoms with Gasteiger partial charge in [0, 0.05) is 0 Å². The highest BCUT2D eigenvalue weighted by molar-refractivity contribution is 5.85. The summed E-state index contributed by atoms with van der Waals surface area (Å²) >= 11 is 0. The van der Waals surface area contributed by atoms with Crippen LogP contribution in [0.5, 0.6) is 0 Å². The lowest BCUT2D eigenvalue weighted by Gasteiger charge is -2.09. The van der Waals surface area contributed by atoms with Crippen LogP contribution < -0.4 is 5.73 Å². The van der Waals surface area contributed by atoms with Crippen molar-refractivity contribution in [3.63, 3.8) is 0 Å². The average molecular weight is 328 g/mol. The number of nitrogens with two attached hydrogens (primary N) is 1. The van der Waals surface area contributed by atoms with Crippen LogP contribution in [-0.2, 0) is 6.18 Å². The molecule has 0 spiro atoms. The predicted octanol–water partition coefficient (Wildman–Crippen LogP) is 4.86. The van der Waals surface area contributed by atoms with Gasteiger partial charge in [-0.1, -0.05) is 36.4 Å². The van der Waals surface area contributed by atoms with Crippen molar-refractivity contribution < 1.29 is 13.2 Å². The van der Waals surface area contributed by atoms with Gasteiger partial charge in [0.05, 0.1) is 5.56 Å². The molecule has 0 amide bonds. The van der Waals surface area contributed by atoms with Gasteiger partial charge in [-0.15, -0.1) is 12.4 Å². The first-order valence-corrected chi connectivity index (χ1v) is 6.96. The first-order valence-electron chi connectivity index (χ1n) is 6.96. The molecule has 1 aliphatic carbocycles. The zero-order valence-electron chi connectivity index (χ0n) is 11.8. The third-order valence-electron chi connectivity index (χ3n) is 4.09. The molecule has 1 nitrogen and oxygen atoms in total. The molecule has 22 heavy (non-hydrogen) atoms. The Morgan fingerprint density at radius 3 is 2.23 bits per heavy atom. The van der Waals surface area contributed by atoms with E-state index in [2.05, 4.69) is 12.1 Å². The van der Waals surface area contributed by atoms with Gasteiger partial charge in [0.2, 0.25) is 0 Å². The molecule has 0 bridgehead atoms. The molecule has 1 fully saturated rings. The molecule has 3 rings (SSSR count). The summed E-state index contributed by atoms with van der Waals surface area (Å²) in [6, 6.07) is 13.3. The van der Waals surface area contributed by atoms with E-state index in [1.54, 1.807) is 0 Å². The number of benzene rings is 2. The van der Waals surface area contributed by atoms with E-state index in [4.69, 9.17) is 5.73 Å². The lowest BCUT2D eigenvalue weighted by molar-refractivity contribution is -0.137. The summed E-state index contributed by atoms with van der Waals surface area (Å²) in [5.74, 6) is 1.05. The Labute approximate surface area is 133 Å². The molecule has 0 aromatic heterocycles. The van der Waals surface area contributed by atoms with Crippen LogP contribution >= 0.6 is 12.4 Å². The average Bonchev–Trinajstić information content (AvgIpc) is 3.26. The van der Waals surface area contributed by atoms with Crippen LogP contribution in [0, 0.1) is 5.92 Å². The molecule has 0 saturated heterocycles. The van der Waals surface area contributed by atoms with E-state index >= 15 is 0 Å². The van der Waals surface area contributed by atoms with Crippen LogP contribution in [-0.4, -0.2) is 6.54 Å². The van der Waals surface area contributed by atoms with Crippen molar-refractivity contribution >= 4 is 12.4 Å². The van der Waals surface area contributed by atoms with Crippen LogP contribution in [0.4, 0.5) is 13.2 Å². The number of hydrogen-bond donors (Lipinski definition) is 1. The molecular formula is C17H17ClF3N. The SMILES string of the molecule is Cl.NC[C@H]1C[C@@H]1c1cccc(-c2ccc(C(F)(F)F)cc2)c1. The van der Waals surface area contributed by atoms with Crippen LogP contribution in [0.2, 0.25) is 0 Å². The second kappa shape index (κ2) is 6.31. The largest absolute Gasteiger partial charge is 0.416 e. The van der Waals surface area contributed by atoms with E-state index in [9.17, 15) is 13.2 Å². The van der Waals surface area contributed by atoms with Crippen molar-refractivity contribution in [2.75, 3.05) is 6.54 Å². The molecule has 1 aliphatic rings. The van der Waals surface area contributed by atoms with E-state index in [0.29, 0.717) is 18.4 Å². The van der Waals surface area contributed by atoms with Gasteiger partial charge in [-0.25, -0.2) is 0 Å². The normalized spacial score (nSPS) is 20.4. The maximum absolute atomic E-state index is 12.6. The van der Waals surface area contributed by atoms with E-state index in [-0.39, 0.29) is 12.4 Å². The summed E-state index contributed by atoms with van der Waals surface area (Å²) < 4.78 is 37.7. The maximum Gasteiger partial charge on any atom is 0.416 e. The van der Waals surface area contributed by atoms with Gasteiger partial charge in [0.1, 0.15) is 0 Å². The molecule has 2 N–H and O–H groups in total. The third kappa shape index (κ3) is 3.45. The molecular weight excluding hydrogens is 311 g/mol. The van der Waals surface area contributed by atoms with E-state index in [1.165, 1.54) is 17.7 Å². The van der Waals surface area contributed by atoms with E-state index in [0.717, 1.165) is 29.7 Å². The fourth-order valence-electron chi connectivity index (χ4n) is 2.72. The van der Waals surface area contributed by atoms with Gasteiger partial charge in [-0.05, 0) is 53.6 Å². The van der Waals surface area contributed by atoms with Crippen molar-refractivity contribution in [2.24, 2.45) is 11.7 Å². The van der Waals surface area contributed by atoms with Gasteiger partial charge in [0.25, 0.3) is 0 Å². The highest BCUT2D eigenvalue weighted by atomic mass is 35.5. The van der Waals surface area contributed by atoms with Gasteiger partial charge in [-0.2, -0.15) is 13.2 Å². The molecule has 2 aromatic rings. The van der Waals surface area contributed by atoms with Gasteiger partial charge < -0.3 is 5.73 Å². The molecule has 0 radical (unpaired) electrons. The smallest absolute Gasteiger partial charge is 0.330 e. The third-order valence-corrected chi connectivity index (χ3v) is 4.09. The van der Waals surface area contributed by atoms with Crippen molar-refractivity contribution in [2.45, 2.75) is 18.5 Å². The fraction of sp³-hybridized carbons (Fsp3) is 0.294. The fourth-order valence-corrected chi connectivity index (χ4v) is 2.72. The van der Waals surface area contributed by atoms with Crippen molar-refractivity contribution in [3.8, 4) is 11.1 Å². The molecule has 0 aliphatic heterocycles. The Morgan fingerprint density at radius 1 is 1.00 bits per heavy atom. The summed E-state index contributed by atoms with van der Waals surface area (Å²) in [6.07, 6.45) is -3.18. The van der Waals surface area contributed by atoms with Gasteiger partial charge >= 0.3 is 6.18 Å². The summed E-state index contributed by atoms with van der Waals surface area (Å²) in [5.41, 5.74) is 8.02. The second-order valence-corrected chi connectivity index (χ2v) is 5.54. The minimum absolute atomic E-state index is 0. The van der Waals surface area contributed by atoms with Crippen molar-refractivity contribution in [3.05, 3.63) is 59.7 Å². The summed E-state index contributed by atoms with van der Waals surface area (Å²) in [7, 11) is 0. The highest BCUT2D eigenvalue weighted by Gasteiger charge is 2.36. The monoisotopic (exact) mass is 327 g/mol. The maximum atomic E-state index is 12.6. The predicted molar refractivity (Wildman–Crippen MR) is 84.0 cm³/mol. The molecule has 2 atom stereocenters. The van der Waals surface area contributed by atoms with Crippen LogP contribution in [0.1, 0.15) is 23.5 Å². The summed E-state index contributed by atoms with van der Waals surface area (Å²) in [6.45, 7) is 0.690. The Kier molecular flexibility index (Phi) is 4.83. The second-order valence-electron chi connectivity index (χ2n) is 5.54. The van der Waals surface area contributed by atoms with Gasteiger partial charge in [0.15, 0.2) is 0 Å². The highest BCUT2D eigenvalue weighted by Crippen LogP contribution is 2.47. The Bertz CT molecular complexity index is 637. The molecule has 0 unspecified atom stereocenters. The Morgan fingerprint density at radius 2 is 1.68 bits per heavy atom. The van der Waals surface area contributed by atoms with E-state index in [1.807, 2.05) is 12.1 Å². The van der Waals surface area contributed by atoms with Crippen LogP contribution in [0.25, 0.3) is 11.1 Å². The lowest BCUT2D eigenvalue weighted by Crippen LogP contribution is -2.04. The molecule has 2 aromatic carbocycles. The molecule has 0 heterocycles. The molecule has 1 saturated carbocycles.